The average molecular weight is 467 g/mol. The minimum Gasteiger partial charge on any atom is -0.488 e. The van der Waals surface area contributed by atoms with Gasteiger partial charge in [0, 0.05) is 38.2 Å². The number of likely N-dealkylation sites (tertiary alicyclic amines) is 1. The van der Waals surface area contributed by atoms with Crippen LogP contribution >= 0.6 is 12.4 Å². The van der Waals surface area contributed by atoms with Crippen molar-refractivity contribution in [3.8, 4) is 5.75 Å². The maximum atomic E-state index is 11.4. The summed E-state index contributed by atoms with van der Waals surface area (Å²) in [6.45, 7) is 4.58. The molecule has 2 aromatic rings. The molecule has 8 heteroatoms. The van der Waals surface area contributed by atoms with Crippen LogP contribution in [0.15, 0.2) is 42.5 Å². The molecule has 0 saturated carbocycles. The van der Waals surface area contributed by atoms with Crippen LogP contribution in [-0.2, 0) is 22.9 Å². The Hall–Kier alpha value is -1.80. The number of hydrogen-bond donors (Lipinski definition) is 2. The Morgan fingerprint density at radius 3 is 2.48 bits per heavy atom. The maximum absolute atomic E-state index is 11.4. The molecule has 6 nitrogen and oxygen atoms in total. The first-order valence-electron chi connectivity index (χ1n) is 10.5. The summed E-state index contributed by atoms with van der Waals surface area (Å²) < 4.78 is 31.5. The zero-order valence-electron chi connectivity index (χ0n) is 18.0. The molecule has 1 atom stereocenters. The van der Waals surface area contributed by atoms with E-state index in [9.17, 15) is 13.5 Å². The second-order valence-corrected chi connectivity index (χ2v) is 10.6. The third-order valence-corrected chi connectivity index (χ3v) is 6.61. The summed E-state index contributed by atoms with van der Waals surface area (Å²) >= 11 is 0. The zero-order valence-corrected chi connectivity index (χ0v) is 19.6. The summed E-state index contributed by atoms with van der Waals surface area (Å²) in [5, 5.41) is 11.0. The number of nitrogens with zero attached hydrogens (tertiary/aromatic N) is 1. The molecular weight excluding hydrogens is 436 g/mol. The molecule has 170 valence electrons. The van der Waals surface area contributed by atoms with Gasteiger partial charge in [0.2, 0.25) is 10.0 Å². The van der Waals surface area contributed by atoms with Gasteiger partial charge in [-0.15, -0.1) is 12.4 Å². The number of aryl methyl sites for hydroxylation is 1. The molecule has 31 heavy (non-hydrogen) atoms. The van der Waals surface area contributed by atoms with Crippen LogP contribution in [0.1, 0.15) is 29.5 Å². The van der Waals surface area contributed by atoms with Crippen molar-refractivity contribution in [2.45, 2.75) is 44.3 Å². The SMILES string of the molecule is Cc1ccc(CC2(O)CCN(CC3Cc4cc(NS(C)(=O)=O)ccc4O3)CC2)cc1.Cl. The molecule has 2 aromatic carbocycles. The van der Waals surface area contributed by atoms with Crippen molar-refractivity contribution in [2.75, 3.05) is 30.6 Å². The number of ether oxygens (including phenoxy) is 1. The van der Waals surface area contributed by atoms with E-state index < -0.39 is 15.6 Å². The van der Waals surface area contributed by atoms with Crippen LogP contribution in [0.5, 0.6) is 5.75 Å². The lowest BCUT2D eigenvalue weighted by Crippen LogP contribution is -2.48. The molecule has 2 aliphatic rings. The summed E-state index contributed by atoms with van der Waals surface area (Å²) in [6.07, 6.45) is 4.17. The molecule has 0 aliphatic carbocycles. The molecular formula is C23H31ClN2O4S. The normalized spacial score (nSPS) is 20.4. The zero-order chi connectivity index (χ0) is 21.4. The van der Waals surface area contributed by atoms with Gasteiger partial charge in [-0.3, -0.25) is 9.62 Å². The Bertz CT molecular complexity index is 1000. The Morgan fingerprint density at radius 1 is 1.16 bits per heavy atom. The van der Waals surface area contributed by atoms with E-state index in [1.165, 1.54) is 11.1 Å². The molecule has 2 N–H and O–H groups in total. The van der Waals surface area contributed by atoms with Crippen LogP contribution in [0.4, 0.5) is 5.69 Å². The molecule has 2 heterocycles. The van der Waals surface area contributed by atoms with E-state index in [-0.39, 0.29) is 18.5 Å². The van der Waals surface area contributed by atoms with Gasteiger partial charge in [-0.05, 0) is 49.1 Å². The number of fused-ring (bicyclic) bond motifs is 1. The minimum absolute atomic E-state index is 0. The molecule has 0 amide bonds. The number of benzene rings is 2. The van der Waals surface area contributed by atoms with Gasteiger partial charge < -0.3 is 9.84 Å². The number of sulfonamides is 1. The second kappa shape index (κ2) is 9.36. The van der Waals surface area contributed by atoms with Crippen LogP contribution in [0, 0.1) is 6.92 Å². The first-order chi connectivity index (χ1) is 14.2. The van der Waals surface area contributed by atoms with Gasteiger partial charge in [-0.25, -0.2) is 8.42 Å². The third kappa shape index (κ3) is 6.35. The van der Waals surface area contributed by atoms with Crippen LogP contribution in [0.25, 0.3) is 0 Å². The van der Waals surface area contributed by atoms with Crippen molar-refractivity contribution in [3.63, 3.8) is 0 Å². The lowest BCUT2D eigenvalue weighted by Gasteiger charge is -2.39. The van der Waals surface area contributed by atoms with E-state index in [4.69, 9.17) is 4.74 Å². The van der Waals surface area contributed by atoms with E-state index in [2.05, 4.69) is 40.8 Å². The summed E-state index contributed by atoms with van der Waals surface area (Å²) in [7, 11) is -3.29. The predicted octanol–water partition coefficient (Wildman–Crippen LogP) is 3.16. The molecule has 4 rings (SSSR count). The van der Waals surface area contributed by atoms with Gasteiger partial charge >= 0.3 is 0 Å². The van der Waals surface area contributed by atoms with Crippen molar-refractivity contribution in [1.82, 2.24) is 4.90 Å². The number of halogens is 1. The summed E-state index contributed by atoms with van der Waals surface area (Å²) in [5.74, 6) is 0.826. The van der Waals surface area contributed by atoms with E-state index in [1.54, 1.807) is 6.07 Å². The van der Waals surface area contributed by atoms with E-state index in [0.29, 0.717) is 12.1 Å². The van der Waals surface area contributed by atoms with E-state index in [1.807, 2.05) is 12.1 Å². The fourth-order valence-corrected chi connectivity index (χ4v) is 4.96. The highest BCUT2D eigenvalue weighted by atomic mass is 35.5. The van der Waals surface area contributed by atoms with Gasteiger partial charge in [-0.1, -0.05) is 29.8 Å². The summed E-state index contributed by atoms with van der Waals surface area (Å²) in [4.78, 5) is 2.36. The van der Waals surface area contributed by atoms with Gasteiger partial charge in [0.25, 0.3) is 0 Å². The van der Waals surface area contributed by atoms with E-state index in [0.717, 1.165) is 56.5 Å². The highest BCUT2D eigenvalue weighted by Crippen LogP contribution is 2.33. The van der Waals surface area contributed by atoms with Crippen molar-refractivity contribution in [1.29, 1.82) is 0 Å². The number of nitrogens with one attached hydrogen (secondary N) is 1. The highest BCUT2D eigenvalue weighted by molar-refractivity contribution is 7.92. The Balaban J connectivity index is 0.00000272. The first-order valence-corrected chi connectivity index (χ1v) is 12.3. The molecule has 0 aromatic heterocycles. The van der Waals surface area contributed by atoms with Crippen LogP contribution in [-0.4, -0.2) is 56.0 Å². The topological polar surface area (TPSA) is 78.9 Å². The minimum atomic E-state index is -3.29. The number of rotatable bonds is 6. The quantitative estimate of drug-likeness (QED) is 0.683. The molecule has 1 unspecified atom stereocenters. The summed E-state index contributed by atoms with van der Waals surface area (Å²) in [6, 6.07) is 13.8. The standard InChI is InChI=1S/C23H30N2O4S.ClH/c1-17-3-5-18(6-4-17)15-23(26)9-11-25(12-10-23)16-21-14-19-13-20(24-30(2,27)28)7-8-22(19)29-21;/h3-8,13,21,24,26H,9-12,14-16H2,1-2H3;1H. The largest absolute Gasteiger partial charge is 0.488 e. The van der Waals surface area contributed by atoms with Crippen molar-refractivity contribution in [2.24, 2.45) is 0 Å². The van der Waals surface area contributed by atoms with Crippen LogP contribution in [0.3, 0.4) is 0 Å². The number of aliphatic hydroxyl groups is 1. The smallest absolute Gasteiger partial charge is 0.229 e. The Labute approximate surface area is 191 Å². The fourth-order valence-electron chi connectivity index (χ4n) is 4.40. The number of anilines is 1. The number of piperidine rings is 1. The number of hydrogen-bond acceptors (Lipinski definition) is 5. The lowest BCUT2D eigenvalue weighted by atomic mass is 9.85. The molecule has 0 spiro atoms. The molecule has 0 radical (unpaired) electrons. The van der Waals surface area contributed by atoms with Crippen molar-refractivity contribution < 1.29 is 18.3 Å². The summed E-state index contributed by atoms with van der Waals surface area (Å²) in [5.41, 5.74) is 3.38. The van der Waals surface area contributed by atoms with Crippen molar-refractivity contribution in [3.05, 3.63) is 59.2 Å². The molecule has 1 fully saturated rings. The maximum Gasteiger partial charge on any atom is 0.229 e. The van der Waals surface area contributed by atoms with E-state index >= 15 is 0 Å². The van der Waals surface area contributed by atoms with Gasteiger partial charge in [-0.2, -0.15) is 0 Å². The second-order valence-electron chi connectivity index (χ2n) is 8.83. The first kappa shape index (κ1) is 23.9. The van der Waals surface area contributed by atoms with Crippen LogP contribution in [0.2, 0.25) is 0 Å². The highest BCUT2D eigenvalue weighted by Gasteiger charge is 2.34. The van der Waals surface area contributed by atoms with Gasteiger partial charge in [0.15, 0.2) is 0 Å². The van der Waals surface area contributed by atoms with Crippen LogP contribution < -0.4 is 9.46 Å². The van der Waals surface area contributed by atoms with Gasteiger partial charge in [0.1, 0.15) is 11.9 Å². The molecule has 2 aliphatic heterocycles. The lowest BCUT2D eigenvalue weighted by molar-refractivity contribution is -0.0265. The van der Waals surface area contributed by atoms with Crippen molar-refractivity contribution >= 4 is 28.1 Å². The Morgan fingerprint density at radius 2 is 1.84 bits per heavy atom. The third-order valence-electron chi connectivity index (χ3n) is 6.01. The fraction of sp³-hybridized carbons (Fsp3) is 0.478. The predicted molar refractivity (Wildman–Crippen MR) is 126 cm³/mol. The average Bonchev–Trinajstić information content (AvgIpc) is 3.06. The monoisotopic (exact) mass is 466 g/mol. The molecule has 1 saturated heterocycles. The Kier molecular flexibility index (Phi) is 7.21. The van der Waals surface area contributed by atoms with Gasteiger partial charge in [0.05, 0.1) is 11.9 Å². The molecule has 0 bridgehead atoms.